The zero-order valence-corrected chi connectivity index (χ0v) is 10.6. The highest BCUT2D eigenvalue weighted by Crippen LogP contribution is 2.21. The van der Waals surface area contributed by atoms with Gasteiger partial charge in [0.05, 0.1) is 23.4 Å². The van der Waals surface area contributed by atoms with Crippen molar-refractivity contribution >= 4 is 17.5 Å². The van der Waals surface area contributed by atoms with Crippen LogP contribution in [0.4, 0.5) is 11.5 Å². The molecule has 2 rings (SSSR count). The van der Waals surface area contributed by atoms with E-state index in [-0.39, 0.29) is 23.7 Å². The van der Waals surface area contributed by atoms with E-state index in [9.17, 15) is 14.9 Å². The van der Waals surface area contributed by atoms with E-state index in [0.29, 0.717) is 5.69 Å². The van der Waals surface area contributed by atoms with Crippen molar-refractivity contribution < 1.29 is 14.5 Å². The number of nitro benzene ring substituents is 1. The van der Waals surface area contributed by atoms with Gasteiger partial charge in [-0.25, -0.2) is 9.48 Å². The standard InChI is InChI=1S/C12H12N4O4/c1-2-20-12(17)10-7-14-15(11(10)13)8-4-3-5-9(6-8)16(18)19/h3-7H,2,13H2,1H3. The number of carbonyl (C=O) groups excluding carboxylic acids is 1. The third-order valence-corrected chi connectivity index (χ3v) is 2.59. The van der Waals surface area contributed by atoms with E-state index >= 15 is 0 Å². The van der Waals surface area contributed by atoms with Gasteiger partial charge in [-0.1, -0.05) is 6.07 Å². The van der Waals surface area contributed by atoms with E-state index in [1.54, 1.807) is 13.0 Å². The smallest absolute Gasteiger partial charge is 0.343 e. The molecule has 1 heterocycles. The van der Waals surface area contributed by atoms with Gasteiger partial charge in [-0.3, -0.25) is 10.1 Å². The summed E-state index contributed by atoms with van der Waals surface area (Å²) >= 11 is 0. The Kier molecular flexibility index (Phi) is 3.65. The van der Waals surface area contributed by atoms with Gasteiger partial charge in [-0.05, 0) is 13.0 Å². The fourth-order valence-corrected chi connectivity index (χ4v) is 1.67. The fraction of sp³-hybridized carbons (Fsp3) is 0.167. The molecule has 0 bridgehead atoms. The molecule has 2 N–H and O–H groups in total. The molecule has 0 unspecified atom stereocenters. The lowest BCUT2D eigenvalue weighted by Gasteiger charge is -2.05. The minimum Gasteiger partial charge on any atom is -0.462 e. The normalized spacial score (nSPS) is 10.2. The summed E-state index contributed by atoms with van der Waals surface area (Å²) in [5.41, 5.74) is 6.25. The molecule has 0 spiro atoms. The largest absolute Gasteiger partial charge is 0.462 e. The van der Waals surface area contributed by atoms with Crippen LogP contribution in [0.1, 0.15) is 17.3 Å². The molecule has 0 atom stereocenters. The van der Waals surface area contributed by atoms with Gasteiger partial charge in [0.25, 0.3) is 5.69 Å². The Morgan fingerprint density at radius 1 is 1.55 bits per heavy atom. The van der Waals surface area contributed by atoms with E-state index in [4.69, 9.17) is 10.5 Å². The zero-order valence-electron chi connectivity index (χ0n) is 10.6. The molecule has 0 radical (unpaired) electrons. The Hall–Kier alpha value is -2.90. The number of aromatic nitrogens is 2. The maximum atomic E-state index is 11.6. The maximum absolute atomic E-state index is 11.6. The number of nitrogens with two attached hydrogens (primary N) is 1. The average Bonchev–Trinajstić information content (AvgIpc) is 2.81. The molecule has 0 aliphatic heterocycles. The van der Waals surface area contributed by atoms with Gasteiger partial charge in [-0.15, -0.1) is 0 Å². The number of anilines is 1. The summed E-state index contributed by atoms with van der Waals surface area (Å²) in [4.78, 5) is 21.8. The number of esters is 1. The molecule has 0 saturated carbocycles. The molecule has 104 valence electrons. The first-order valence-electron chi connectivity index (χ1n) is 5.80. The second kappa shape index (κ2) is 5.39. The number of hydrogen-bond donors (Lipinski definition) is 1. The molecule has 1 aromatic heterocycles. The van der Waals surface area contributed by atoms with Crippen molar-refractivity contribution in [2.75, 3.05) is 12.3 Å². The van der Waals surface area contributed by atoms with Gasteiger partial charge in [0.15, 0.2) is 0 Å². The van der Waals surface area contributed by atoms with Gasteiger partial charge in [0.1, 0.15) is 11.4 Å². The van der Waals surface area contributed by atoms with Gasteiger partial charge in [0, 0.05) is 12.1 Å². The Bertz CT molecular complexity index is 665. The first kappa shape index (κ1) is 13.5. The molecule has 8 heteroatoms. The summed E-state index contributed by atoms with van der Waals surface area (Å²) in [6, 6.07) is 5.79. The van der Waals surface area contributed by atoms with Crippen LogP contribution in [0.5, 0.6) is 0 Å². The van der Waals surface area contributed by atoms with Crippen LogP contribution in [0.25, 0.3) is 5.69 Å². The monoisotopic (exact) mass is 276 g/mol. The summed E-state index contributed by atoms with van der Waals surface area (Å²) in [7, 11) is 0. The highest BCUT2D eigenvalue weighted by Gasteiger charge is 2.18. The first-order chi connectivity index (χ1) is 9.54. The molecule has 1 aromatic carbocycles. The van der Waals surface area contributed by atoms with Crippen molar-refractivity contribution in [3.8, 4) is 5.69 Å². The van der Waals surface area contributed by atoms with E-state index in [0.717, 1.165) is 0 Å². The van der Waals surface area contributed by atoms with E-state index in [1.165, 1.54) is 29.1 Å². The van der Waals surface area contributed by atoms with Gasteiger partial charge < -0.3 is 10.5 Å². The quantitative estimate of drug-likeness (QED) is 0.514. The zero-order chi connectivity index (χ0) is 14.7. The maximum Gasteiger partial charge on any atom is 0.343 e. The number of carbonyl (C=O) groups is 1. The SMILES string of the molecule is CCOC(=O)c1cnn(-c2cccc([N+](=O)[O-])c2)c1N. The van der Waals surface area contributed by atoms with Crippen molar-refractivity contribution in [1.82, 2.24) is 9.78 Å². The number of nitrogens with zero attached hydrogens (tertiary/aromatic N) is 3. The van der Waals surface area contributed by atoms with Crippen molar-refractivity contribution in [3.63, 3.8) is 0 Å². The Morgan fingerprint density at radius 3 is 2.95 bits per heavy atom. The number of ether oxygens (including phenoxy) is 1. The van der Waals surface area contributed by atoms with Crippen LogP contribution in [0.2, 0.25) is 0 Å². The average molecular weight is 276 g/mol. The minimum atomic E-state index is -0.582. The van der Waals surface area contributed by atoms with Crippen LogP contribution in [-0.2, 0) is 4.74 Å². The van der Waals surface area contributed by atoms with E-state index in [2.05, 4.69) is 5.10 Å². The van der Waals surface area contributed by atoms with Crippen LogP contribution in [-0.4, -0.2) is 27.3 Å². The van der Waals surface area contributed by atoms with Crippen LogP contribution < -0.4 is 5.73 Å². The van der Waals surface area contributed by atoms with Crippen molar-refractivity contribution in [2.24, 2.45) is 0 Å². The first-order valence-corrected chi connectivity index (χ1v) is 5.80. The van der Waals surface area contributed by atoms with Crippen molar-refractivity contribution in [1.29, 1.82) is 0 Å². The van der Waals surface area contributed by atoms with Gasteiger partial charge in [0.2, 0.25) is 0 Å². The van der Waals surface area contributed by atoms with Crippen LogP contribution in [0.15, 0.2) is 30.5 Å². The van der Waals surface area contributed by atoms with Crippen molar-refractivity contribution in [2.45, 2.75) is 6.92 Å². The second-order valence-corrected chi connectivity index (χ2v) is 3.85. The number of rotatable bonds is 4. The second-order valence-electron chi connectivity index (χ2n) is 3.85. The highest BCUT2D eigenvalue weighted by molar-refractivity contribution is 5.94. The molecule has 2 aromatic rings. The molecule has 0 aliphatic rings. The van der Waals surface area contributed by atoms with E-state index < -0.39 is 10.9 Å². The molecule has 0 aliphatic carbocycles. The fourth-order valence-electron chi connectivity index (χ4n) is 1.67. The number of non-ortho nitro benzene ring substituents is 1. The molecular formula is C12H12N4O4. The molecule has 20 heavy (non-hydrogen) atoms. The molecule has 0 saturated heterocycles. The van der Waals surface area contributed by atoms with Crippen LogP contribution in [0, 0.1) is 10.1 Å². The summed E-state index contributed by atoms with van der Waals surface area (Å²) in [6.07, 6.45) is 1.27. The molecule has 8 nitrogen and oxygen atoms in total. The van der Waals surface area contributed by atoms with E-state index in [1.807, 2.05) is 0 Å². The lowest BCUT2D eigenvalue weighted by atomic mass is 10.2. The summed E-state index contributed by atoms with van der Waals surface area (Å²) < 4.78 is 6.09. The summed E-state index contributed by atoms with van der Waals surface area (Å²) in [5, 5.41) is 14.7. The topological polar surface area (TPSA) is 113 Å². The van der Waals surface area contributed by atoms with Crippen LogP contribution in [0.3, 0.4) is 0 Å². The Balaban J connectivity index is 2.42. The van der Waals surface area contributed by atoms with Crippen LogP contribution >= 0.6 is 0 Å². The molecule has 0 amide bonds. The van der Waals surface area contributed by atoms with Gasteiger partial charge >= 0.3 is 5.97 Å². The summed E-state index contributed by atoms with van der Waals surface area (Å²) in [5.74, 6) is -0.509. The molecular weight excluding hydrogens is 264 g/mol. The Labute approximate surface area is 113 Å². The summed E-state index contributed by atoms with van der Waals surface area (Å²) in [6.45, 7) is 1.90. The van der Waals surface area contributed by atoms with Crippen molar-refractivity contribution in [3.05, 3.63) is 46.1 Å². The minimum absolute atomic E-state index is 0.0731. The van der Waals surface area contributed by atoms with Gasteiger partial charge in [-0.2, -0.15) is 5.10 Å². The lowest BCUT2D eigenvalue weighted by molar-refractivity contribution is -0.384. The number of nitro groups is 1. The number of benzene rings is 1. The predicted molar refractivity (Wildman–Crippen MR) is 70.6 cm³/mol. The predicted octanol–water partition coefficient (Wildman–Crippen LogP) is 1.54. The third kappa shape index (κ3) is 2.44. The lowest BCUT2D eigenvalue weighted by Crippen LogP contribution is -2.09. The highest BCUT2D eigenvalue weighted by atomic mass is 16.6. The molecule has 0 fully saturated rings. The third-order valence-electron chi connectivity index (χ3n) is 2.59. The number of hydrogen-bond acceptors (Lipinski definition) is 6. The Morgan fingerprint density at radius 2 is 2.30 bits per heavy atom. The number of nitrogen functional groups attached to an aromatic ring is 1.